The van der Waals surface area contributed by atoms with Crippen molar-refractivity contribution in [3.05, 3.63) is 26.2 Å². The van der Waals surface area contributed by atoms with E-state index < -0.39 is 0 Å². The number of fused-ring (bicyclic) bond motifs is 1. The van der Waals surface area contributed by atoms with Crippen molar-refractivity contribution in [3.8, 4) is 0 Å². The summed E-state index contributed by atoms with van der Waals surface area (Å²) in [6, 6.07) is 1.89. The van der Waals surface area contributed by atoms with Crippen LogP contribution in [-0.2, 0) is 6.42 Å². The molecule has 0 aliphatic carbocycles. The van der Waals surface area contributed by atoms with E-state index in [1.54, 1.807) is 4.52 Å². The zero-order valence-electron chi connectivity index (χ0n) is 8.59. The molecule has 3 nitrogen and oxygen atoms in total. The van der Waals surface area contributed by atoms with Gasteiger partial charge in [0.1, 0.15) is 5.15 Å². The molecule has 0 fully saturated rings. The van der Waals surface area contributed by atoms with E-state index in [1.807, 2.05) is 13.0 Å². The Morgan fingerprint density at radius 3 is 2.93 bits per heavy atom. The maximum Gasteiger partial charge on any atom is 0.170 e. The van der Waals surface area contributed by atoms with Crippen LogP contribution in [0.25, 0.3) is 5.65 Å². The highest BCUT2D eigenvalue weighted by molar-refractivity contribution is 14.1. The molecule has 2 heterocycles. The first kappa shape index (κ1) is 11.1. The molecule has 0 bridgehead atoms. The van der Waals surface area contributed by atoms with Crippen molar-refractivity contribution in [2.75, 3.05) is 0 Å². The van der Waals surface area contributed by atoms with Gasteiger partial charge in [0.05, 0.1) is 9.26 Å². The first-order valence-electron chi connectivity index (χ1n) is 4.83. The van der Waals surface area contributed by atoms with E-state index in [0.29, 0.717) is 5.15 Å². The Morgan fingerprint density at radius 1 is 1.53 bits per heavy atom. The zero-order valence-corrected chi connectivity index (χ0v) is 11.5. The topological polar surface area (TPSA) is 30.2 Å². The number of aromatic nitrogens is 3. The van der Waals surface area contributed by atoms with Crippen LogP contribution < -0.4 is 0 Å². The molecule has 2 aromatic rings. The van der Waals surface area contributed by atoms with Crippen molar-refractivity contribution in [1.82, 2.24) is 14.6 Å². The normalized spacial score (nSPS) is 11.2. The summed E-state index contributed by atoms with van der Waals surface area (Å²) in [6.45, 7) is 4.10. The van der Waals surface area contributed by atoms with Gasteiger partial charge in [-0.1, -0.05) is 24.9 Å². The smallest absolute Gasteiger partial charge is 0.170 e. The summed E-state index contributed by atoms with van der Waals surface area (Å²) in [7, 11) is 0. The molecule has 2 rings (SSSR count). The molecule has 0 aliphatic rings. The Labute approximate surface area is 107 Å². The summed E-state index contributed by atoms with van der Waals surface area (Å²) in [5.41, 5.74) is 2.87. The number of aryl methyl sites for hydroxylation is 2. The number of nitrogens with zero attached hydrogens (tertiary/aromatic N) is 3. The van der Waals surface area contributed by atoms with Crippen LogP contribution in [-0.4, -0.2) is 14.6 Å². The van der Waals surface area contributed by atoms with Gasteiger partial charge in [-0.15, -0.1) is 0 Å². The highest BCUT2D eigenvalue weighted by Gasteiger charge is 2.11. The molecule has 80 valence electrons. The maximum atomic E-state index is 6.14. The average Bonchev–Trinajstić information content (AvgIpc) is 2.46. The lowest BCUT2D eigenvalue weighted by Gasteiger charge is -2.01. The monoisotopic (exact) mass is 335 g/mol. The van der Waals surface area contributed by atoms with E-state index in [9.17, 15) is 0 Å². The van der Waals surface area contributed by atoms with E-state index in [4.69, 9.17) is 11.6 Å². The molecule has 0 amide bonds. The van der Waals surface area contributed by atoms with Crippen molar-refractivity contribution in [2.45, 2.75) is 26.7 Å². The molecule has 0 unspecified atom stereocenters. The lowest BCUT2D eigenvalue weighted by atomic mass is 10.2. The van der Waals surface area contributed by atoms with Gasteiger partial charge >= 0.3 is 0 Å². The molecule has 0 saturated carbocycles. The van der Waals surface area contributed by atoms with Gasteiger partial charge in [0.25, 0.3) is 0 Å². The van der Waals surface area contributed by atoms with Gasteiger partial charge in [-0.2, -0.15) is 5.10 Å². The molecule has 0 saturated heterocycles. The van der Waals surface area contributed by atoms with Crippen molar-refractivity contribution in [1.29, 1.82) is 0 Å². The van der Waals surface area contributed by atoms with Crippen LogP contribution in [0.2, 0.25) is 5.15 Å². The molecule has 15 heavy (non-hydrogen) atoms. The molecule has 2 aromatic heterocycles. The van der Waals surface area contributed by atoms with Crippen molar-refractivity contribution >= 4 is 39.8 Å². The number of rotatable bonds is 2. The SMILES string of the molecule is CCCc1cc(Cl)n2nc(C)c(I)c2n1. The molecule has 0 atom stereocenters. The molecule has 0 N–H and O–H groups in total. The van der Waals surface area contributed by atoms with Crippen LogP contribution in [0, 0.1) is 10.5 Å². The Morgan fingerprint density at radius 2 is 2.27 bits per heavy atom. The van der Waals surface area contributed by atoms with Crippen LogP contribution in [0.5, 0.6) is 0 Å². The van der Waals surface area contributed by atoms with E-state index in [1.165, 1.54) is 0 Å². The van der Waals surface area contributed by atoms with Crippen LogP contribution in [0.4, 0.5) is 0 Å². The minimum Gasteiger partial charge on any atom is -0.232 e. The molecule has 0 spiro atoms. The van der Waals surface area contributed by atoms with Gasteiger partial charge in [0.15, 0.2) is 5.65 Å². The molecule has 5 heteroatoms. The third-order valence-electron chi connectivity index (χ3n) is 2.21. The summed E-state index contributed by atoms with van der Waals surface area (Å²) in [5.74, 6) is 0. The summed E-state index contributed by atoms with van der Waals surface area (Å²) in [4.78, 5) is 4.55. The number of hydrogen-bond donors (Lipinski definition) is 0. The second-order valence-corrected chi connectivity index (χ2v) is 4.92. The zero-order chi connectivity index (χ0) is 11.0. The number of halogens is 2. The van der Waals surface area contributed by atoms with Gasteiger partial charge in [-0.3, -0.25) is 0 Å². The molecule has 0 aliphatic heterocycles. The van der Waals surface area contributed by atoms with Crippen LogP contribution >= 0.6 is 34.2 Å². The van der Waals surface area contributed by atoms with Gasteiger partial charge < -0.3 is 0 Å². The molecular formula is C10H11ClIN3. The fourth-order valence-corrected chi connectivity index (χ4v) is 2.19. The largest absolute Gasteiger partial charge is 0.232 e. The van der Waals surface area contributed by atoms with Crippen molar-refractivity contribution in [3.63, 3.8) is 0 Å². The first-order chi connectivity index (χ1) is 7.13. The van der Waals surface area contributed by atoms with Gasteiger partial charge in [0.2, 0.25) is 0 Å². The Balaban J connectivity index is 2.68. The molecule has 0 radical (unpaired) electrons. The lowest BCUT2D eigenvalue weighted by Crippen LogP contribution is -1.97. The summed E-state index contributed by atoms with van der Waals surface area (Å²) < 4.78 is 2.77. The predicted molar refractivity (Wildman–Crippen MR) is 69.4 cm³/mol. The van der Waals surface area contributed by atoms with Crippen LogP contribution in [0.15, 0.2) is 6.07 Å². The minimum absolute atomic E-state index is 0.634. The highest BCUT2D eigenvalue weighted by atomic mass is 127. The minimum atomic E-state index is 0.634. The maximum absolute atomic E-state index is 6.14. The average molecular weight is 336 g/mol. The standard InChI is InChI=1S/C10H11ClIN3/c1-3-4-7-5-8(11)15-10(13-7)9(12)6(2)14-15/h5H,3-4H2,1-2H3. The molecule has 0 aromatic carbocycles. The Hall–Kier alpha value is -0.360. The summed E-state index contributed by atoms with van der Waals surface area (Å²) in [5, 5.41) is 4.96. The second-order valence-electron chi connectivity index (χ2n) is 3.46. The molecular weight excluding hydrogens is 324 g/mol. The third-order valence-corrected chi connectivity index (χ3v) is 3.74. The van der Waals surface area contributed by atoms with Crippen molar-refractivity contribution < 1.29 is 0 Å². The van der Waals surface area contributed by atoms with Crippen LogP contribution in [0.3, 0.4) is 0 Å². The predicted octanol–water partition coefficient (Wildman–Crippen LogP) is 3.25. The summed E-state index contributed by atoms with van der Waals surface area (Å²) >= 11 is 8.40. The lowest BCUT2D eigenvalue weighted by molar-refractivity contribution is 0.854. The fraction of sp³-hybridized carbons (Fsp3) is 0.400. The Bertz CT molecular complexity index is 507. The first-order valence-corrected chi connectivity index (χ1v) is 6.29. The van der Waals surface area contributed by atoms with E-state index in [0.717, 1.165) is 33.4 Å². The van der Waals surface area contributed by atoms with E-state index in [2.05, 4.69) is 39.6 Å². The number of hydrogen-bond acceptors (Lipinski definition) is 2. The third kappa shape index (κ3) is 1.97. The Kier molecular flexibility index (Phi) is 3.16. The van der Waals surface area contributed by atoms with Gasteiger partial charge in [-0.25, -0.2) is 9.50 Å². The van der Waals surface area contributed by atoms with Gasteiger partial charge in [0, 0.05) is 5.69 Å². The van der Waals surface area contributed by atoms with Gasteiger partial charge in [-0.05, 0) is 42.0 Å². The van der Waals surface area contributed by atoms with Crippen molar-refractivity contribution in [2.24, 2.45) is 0 Å². The summed E-state index contributed by atoms with van der Waals surface area (Å²) in [6.07, 6.45) is 2.03. The second kappa shape index (κ2) is 4.25. The van der Waals surface area contributed by atoms with Crippen LogP contribution in [0.1, 0.15) is 24.7 Å². The highest BCUT2D eigenvalue weighted by Crippen LogP contribution is 2.20. The van der Waals surface area contributed by atoms with E-state index in [-0.39, 0.29) is 0 Å². The quantitative estimate of drug-likeness (QED) is 0.623. The fourth-order valence-electron chi connectivity index (χ4n) is 1.49. The van der Waals surface area contributed by atoms with E-state index >= 15 is 0 Å².